The maximum absolute atomic E-state index is 4.65. The molecule has 0 atom stereocenters. The highest BCUT2D eigenvalue weighted by atomic mass is 15.2. The molecule has 1 aromatic carbocycles. The Morgan fingerprint density at radius 1 is 1.15 bits per heavy atom. The van der Waals surface area contributed by atoms with Crippen LogP contribution in [0.2, 0.25) is 0 Å². The van der Waals surface area contributed by atoms with Gasteiger partial charge in [-0.05, 0) is 18.0 Å². The van der Waals surface area contributed by atoms with E-state index in [0.29, 0.717) is 0 Å². The molecule has 0 spiro atoms. The smallest absolute Gasteiger partial charge is 0.136 e. The molecule has 1 aromatic heterocycles. The average molecular weight is 267 g/mol. The van der Waals surface area contributed by atoms with E-state index in [9.17, 15) is 0 Å². The molecule has 0 radical (unpaired) electrons. The van der Waals surface area contributed by atoms with Gasteiger partial charge in [-0.1, -0.05) is 36.4 Å². The van der Waals surface area contributed by atoms with Crippen LogP contribution in [0, 0.1) is 0 Å². The predicted octanol–water partition coefficient (Wildman–Crippen LogP) is 3.13. The van der Waals surface area contributed by atoms with Gasteiger partial charge in [0.15, 0.2) is 0 Å². The minimum atomic E-state index is 0.758. The van der Waals surface area contributed by atoms with Crippen molar-refractivity contribution in [3.8, 4) is 0 Å². The summed E-state index contributed by atoms with van der Waals surface area (Å²) in [5, 5.41) is 5.60. The number of rotatable bonds is 7. The maximum Gasteiger partial charge on any atom is 0.136 e. The third-order valence-electron chi connectivity index (χ3n) is 3.22. The molecule has 0 aliphatic heterocycles. The number of nitrogens with one attached hydrogen (secondary N) is 1. The second-order valence-corrected chi connectivity index (χ2v) is 4.67. The Hall–Kier alpha value is -2.13. The van der Waals surface area contributed by atoms with Gasteiger partial charge in [-0.3, -0.25) is 0 Å². The van der Waals surface area contributed by atoms with Crippen LogP contribution in [0.15, 0.2) is 55.8 Å². The SMILES string of the molecule is C=CCN(CC=C)c1ncc(CNC)c2ccccc12. The molecule has 2 rings (SSSR count). The topological polar surface area (TPSA) is 28.2 Å². The quantitative estimate of drug-likeness (QED) is 0.781. The van der Waals surface area contributed by atoms with Gasteiger partial charge in [0.25, 0.3) is 0 Å². The molecule has 0 unspecified atom stereocenters. The first-order valence-electron chi connectivity index (χ1n) is 6.79. The van der Waals surface area contributed by atoms with Crippen molar-refractivity contribution in [3.05, 3.63) is 61.3 Å². The van der Waals surface area contributed by atoms with Gasteiger partial charge >= 0.3 is 0 Å². The maximum atomic E-state index is 4.65. The van der Waals surface area contributed by atoms with Crippen LogP contribution < -0.4 is 10.2 Å². The standard InChI is InChI=1S/C17H21N3/c1-4-10-20(11-5-2)17-16-9-7-6-8-15(16)14(12-18-3)13-19-17/h4-9,13,18H,1-2,10-12H2,3H3. The van der Waals surface area contributed by atoms with E-state index in [1.54, 1.807) is 0 Å². The Balaban J connectivity index is 2.56. The van der Waals surface area contributed by atoms with Crippen molar-refractivity contribution in [1.29, 1.82) is 0 Å². The molecule has 0 saturated heterocycles. The number of hydrogen-bond donors (Lipinski definition) is 1. The van der Waals surface area contributed by atoms with E-state index in [-0.39, 0.29) is 0 Å². The Bertz CT molecular complexity index is 594. The van der Waals surface area contributed by atoms with Gasteiger partial charge < -0.3 is 10.2 Å². The molecule has 0 aliphatic rings. The second kappa shape index (κ2) is 6.87. The van der Waals surface area contributed by atoms with Crippen molar-refractivity contribution in [2.75, 3.05) is 25.0 Å². The highest BCUT2D eigenvalue weighted by Crippen LogP contribution is 2.27. The van der Waals surface area contributed by atoms with Gasteiger partial charge in [-0.2, -0.15) is 0 Å². The molecule has 3 nitrogen and oxygen atoms in total. The van der Waals surface area contributed by atoms with E-state index in [1.165, 1.54) is 16.3 Å². The predicted molar refractivity (Wildman–Crippen MR) is 87.1 cm³/mol. The summed E-state index contributed by atoms with van der Waals surface area (Å²) in [6.45, 7) is 9.98. The molecular weight excluding hydrogens is 246 g/mol. The lowest BCUT2D eigenvalue weighted by Gasteiger charge is -2.23. The molecule has 1 heterocycles. The first-order chi connectivity index (χ1) is 9.81. The molecular formula is C17H21N3. The Kier molecular flexibility index (Phi) is 4.91. The van der Waals surface area contributed by atoms with Crippen LogP contribution in [0.1, 0.15) is 5.56 Å². The Labute approximate surface area is 120 Å². The lowest BCUT2D eigenvalue weighted by atomic mass is 10.1. The minimum Gasteiger partial charge on any atom is -0.349 e. The number of fused-ring (bicyclic) bond motifs is 1. The molecule has 2 aromatic rings. The number of pyridine rings is 1. The van der Waals surface area contributed by atoms with E-state index in [2.05, 4.69) is 52.6 Å². The van der Waals surface area contributed by atoms with Gasteiger partial charge in [-0.15, -0.1) is 13.2 Å². The zero-order valence-corrected chi connectivity index (χ0v) is 12.0. The van der Waals surface area contributed by atoms with Crippen LogP contribution in [0.4, 0.5) is 5.82 Å². The summed E-state index contributed by atoms with van der Waals surface area (Å²) >= 11 is 0. The summed E-state index contributed by atoms with van der Waals surface area (Å²) in [5.74, 6) is 0.986. The average Bonchev–Trinajstić information content (AvgIpc) is 2.48. The van der Waals surface area contributed by atoms with Gasteiger partial charge in [0.1, 0.15) is 5.82 Å². The van der Waals surface area contributed by atoms with Crippen molar-refractivity contribution < 1.29 is 0 Å². The van der Waals surface area contributed by atoms with Gasteiger partial charge in [0.2, 0.25) is 0 Å². The number of aromatic nitrogens is 1. The van der Waals surface area contributed by atoms with Crippen LogP contribution in [0.25, 0.3) is 10.8 Å². The van der Waals surface area contributed by atoms with E-state index >= 15 is 0 Å². The van der Waals surface area contributed by atoms with Crippen LogP contribution in [0.5, 0.6) is 0 Å². The van der Waals surface area contributed by atoms with Crippen LogP contribution in [-0.4, -0.2) is 25.1 Å². The van der Waals surface area contributed by atoms with E-state index < -0.39 is 0 Å². The third-order valence-corrected chi connectivity index (χ3v) is 3.22. The molecule has 1 N–H and O–H groups in total. The molecule has 20 heavy (non-hydrogen) atoms. The Morgan fingerprint density at radius 3 is 2.40 bits per heavy atom. The molecule has 0 amide bonds. The molecule has 0 fully saturated rings. The monoisotopic (exact) mass is 267 g/mol. The number of benzene rings is 1. The molecule has 0 bridgehead atoms. The zero-order valence-electron chi connectivity index (χ0n) is 12.0. The lowest BCUT2D eigenvalue weighted by molar-refractivity contribution is 0.818. The van der Waals surface area contributed by atoms with E-state index in [4.69, 9.17) is 0 Å². The first kappa shape index (κ1) is 14.3. The summed E-state index contributed by atoms with van der Waals surface area (Å²) in [7, 11) is 1.95. The van der Waals surface area contributed by atoms with Gasteiger partial charge in [0, 0.05) is 31.2 Å². The normalized spacial score (nSPS) is 10.4. The highest BCUT2D eigenvalue weighted by Gasteiger charge is 2.11. The molecule has 3 heteroatoms. The fourth-order valence-electron chi connectivity index (χ4n) is 2.38. The van der Waals surface area contributed by atoms with Crippen LogP contribution in [-0.2, 0) is 6.54 Å². The van der Waals surface area contributed by atoms with Gasteiger partial charge in [0.05, 0.1) is 0 Å². The van der Waals surface area contributed by atoms with Crippen molar-refractivity contribution >= 4 is 16.6 Å². The summed E-state index contributed by atoms with van der Waals surface area (Å²) in [5.41, 5.74) is 1.21. The molecule has 0 aliphatic carbocycles. The lowest BCUT2D eigenvalue weighted by Crippen LogP contribution is -2.24. The Morgan fingerprint density at radius 2 is 1.80 bits per heavy atom. The second-order valence-electron chi connectivity index (χ2n) is 4.67. The van der Waals surface area contributed by atoms with Crippen molar-refractivity contribution in [2.24, 2.45) is 0 Å². The van der Waals surface area contributed by atoms with E-state index in [0.717, 1.165) is 25.5 Å². The van der Waals surface area contributed by atoms with Crippen LogP contribution >= 0.6 is 0 Å². The van der Waals surface area contributed by atoms with Crippen molar-refractivity contribution in [2.45, 2.75) is 6.54 Å². The molecule has 104 valence electrons. The fourth-order valence-corrected chi connectivity index (χ4v) is 2.38. The first-order valence-corrected chi connectivity index (χ1v) is 6.79. The highest BCUT2D eigenvalue weighted by molar-refractivity contribution is 5.94. The third kappa shape index (κ3) is 2.89. The largest absolute Gasteiger partial charge is 0.349 e. The minimum absolute atomic E-state index is 0.758. The zero-order chi connectivity index (χ0) is 14.4. The number of nitrogens with zero attached hydrogens (tertiary/aromatic N) is 2. The number of hydrogen-bond acceptors (Lipinski definition) is 3. The summed E-state index contributed by atoms with van der Waals surface area (Å²) in [6, 6.07) is 8.39. The summed E-state index contributed by atoms with van der Waals surface area (Å²) in [4.78, 5) is 6.83. The fraction of sp³-hybridized carbons (Fsp3) is 0.235. The van der Waals surface area contributed by atoms with Gasteiger partial charge in [-0.25, -0.2) is 4.98 Å². The number of anilines is 1. The molecule has 0 saturated carbocycles. The van der Waals surface area contributed by atoms with E-state index in [1.807, 2.05) is 25.4 Å². The summed E-state index contributed by atoms with van der Waals surface area (Å²) < 4.78 is 0. The van der Waals surface area contributed by atoms with Crippen LogP contribution in [0.3, 0.4) is 0 Å². The summed E-state index contributed by atoms with van der Waals surface area (Å²) in [6.07, 6.45) is 5.73. The van der Waals surface area contributed by atoms with Crippen molar-refractivity contribution in [3.63, 3.8) is 0 Å². The van der Waals surface area contributed by atoms with Crippen molar-refractivity contribution in [1.82, 2.24) is 10.3 Å².